The SMILES string of the molecule is O=c1cc(CSc2ccc(CO)cc2)nc2scnn12. The highest BCUT2D eigenvalue weighted by Gasteiger charge is 2.05. The zero-order chi connectivity index (χ0) is 13.9. The van der Waals surface area contributed by atoms with Gasteiger partial charge in [-0.3, -0.25) is 4.79 Å². The van der Waals surface area contributed by atoms with Crippen molar-refractivity contribution in [3.8, 4) is 0 Å². The lowest BCUT2D eigenvalue weighted by molar-refractivity contribution is 0.282. The monoisotopic (exact) mass is 305 g/mol. The van der Waals surface area contributed by atoms with Gasteiger partial charge < -0.3 is 5.11 Å². The van der Waals surface area contributed by atoms with E-state index in [2.05, 4.69) is 10.1 Å². The summed E-state index contributed by atoms with van der Waals surface area (Å²) < 4.78 is 1.30. The van der Waals surface area contributed by atoms with E-state index >= 15 is 0 Å². The molecule has 0 atom stereocenters. The lowest BCUT2D eigenvalue weighted by Crippen LogP contribution is -2.14. The maximum atomic E-state index is 11.8. The first-order valence-electron chi connectivity index (χ1n) is 5.91. The zero-order valence-corrected chi connectivity index (χ0v) is 12.0. The molecule has 5 nitrogen and oxygen atoms in total. The van der Waals surface area contributed by atoms with Crippen LogP contribution in [0.2, 0.25) is 0 Å². The van der Waals surface area contributed by atoms with E-state index in [-0.39, 0.29) is 12.2 Å². The number of benzene rings is 1. The molecule has 20 heavy (non-hydrogen) atoms. The molecule has 0 bridgehead atoms. The maximum Gasteiger partial charge on any atom is 0.275 e. The van der Waals surface area contributed by atoms with Gasteiger partial charge >= 0.3 is 0 Å². The van der Waals surface area contributed by atoms with Gasteiger partial charge in [0.15, 0.2) is 0 Å². The van der Waals surface area contributed by atoms with Crippen LogP contribution < -0.4 is 5.56 Å². The Morgan fingerprint density at radius 3 is 2.85 bits per heavy atom. The largest absolute Gasteiger partial charge is 0.392 e. The molecule has 102 valence electrons. The number of aliphatic hydroxyl groups excluding tert-OH is 1. The second kappa shape index (κ2) is 5.74. The zero-order valence-electron chi connectivity index (χ0n) is 10.4. The van der Waals surface area contributed by atoms with E-state index in [1.165, 1.54) is 21.9 Å². The van der Waals surface area contributed by atoms with Crippen LogP contribution in [0.3, 0.4) is 0 Å². The highest BCUT2D eigenvalue weighted by molar-refractivity contribution is 7.98. The number of fused-ring (bicyclic) bond motifs is 1. The van der Waals surface area contributed by atoms with E-state index in [9.17, 15) is 4.79 Å². The number of hydrogen-bond acceptors (Lipinski definition) is 6. The second-order valence-electron chi connectivity index (χ2n) is 4.11. The molecular weight excluding hydrogens is 294 g/mol. The molecule has 0 aliphatic rings. The number of rotatable bonds is 4. The first-order chi connectivity index (χ1) is 9.76. The van der Waals surface area contributed by atoms with Crippen LogP contribution in [-0.2, 0) is 12.4 Å². The second-order valence-corrected chi connectivity index (χ2v) is 5.97. The summed E-state index contributed by atoms with van der Waals surface area (Å²) in [6.07, 6.45) is 0. The highest BCUT2D eigenvalue weighted by Crippen LogP contribution is 2.22. The maximum absolute atomic E-state index is 11.8. The van der Waals surface area contributed by atoms with Crippen molar-refractivity contribution in [3.63, 3.8) is 0 Å². The molecule has 0 radical (unpaired) electrons. The Morgan fingerprint density at radius 1 is 1.30 bits per heavy atom. The summed E-state index contributed by atoms with van der Waals surface area (Å²) >= 11 is 2.95. The third-order valence-corrected chi connectivity index (χ3v) is 4.45. The average Bonchev–Trinajstić information content (AvgIpc) is 2.94. The van der Waals surface area contributed by atoms with Gasteiger partial charge in [0.1, 0.15) is 5.51 Å². The Balaban J connectivity index is 1.77. The van der Waals surface area contributed by atoms with Crippen LogP contribution in [0.15, 0.2) is 45.5 Å². The van der Waals surface area contributed by atoms with Crippen molar-refractivity contribution in [1.82, 2.24) is 14.6 Å². The smallest absolute Gasteiger partial charge is 0.275 e. The number of hydrogen-bond donors (Lipinski definition) is 1. The minimum Gasteiger partial charge on any atom is -0.392 e. The Kier molecular flexibility index (Phi) is 3.81. The first kappa shape index (κ1) is 13.3. The Bertz CT molecular complexity index is 780. The fourth-order valence-electron chi connectivity index (χ4n) is 1.72. The molecule has 0 saturated heterocycles. The quantitative estimate of drug-likeness (QED) is 0.746. The minimum atomic E-state index is -0.150. The van der Waals surface area contributed by atoms with Crippen LogP contribution >= 0.6 is 23.1 Å². The van der Waals surface area contributed by atoms with Crippen LogP contribution in [0.25, 0.3) is 4.96 Å². The summed E-state index contributed by atoms with van der Waals surface area (Å²) in [7, 11) is 0. The van der Waals surface area contributed by atoms with Crippen molar-refractivity contribution >= 4 is 28.1 Å². The summed E-state index contributed by atoms with van der Waals surface area (Å²) in [5.41, 5.74) is 3.09. The average molecular weight is 305 g/mol. The van der Waals surface area contributed by atoms with Crippen molar-refractivity contribution in [3.05, 3.63) is 57.5 Å². The Labute approximate surface area is 122 Å². The lowest BCUT2D eigenvalue weighted by atomic mass is 10.2. The van der Waals surface area contributed by atoms with Gasteiger partial charge in [-0.2, -0.15) is 9.61 Å². The molecule has 0 aliphatic heterocycles. The fraction of sp³-hybridized carbons (Fsp3) is 0.154. The van der Waals surface area contributed by atoms with Crippen molar-refractivity contribution in [2.24, 2.45) is 0 Å². The van der Waals surface area contributed by atoms with Crippen LogP contribution in [0.4, 0.5) is 0 Å². The summed E-state index contributed by atoms with van der Waals surface area (Å²) in [6, 6.07) is 9.19. The van der Waals surface area contributed by atoms with Gasteiger partial charge in [0, 0.05) is 16.7 Å². The summed E-state index contributed by atoms with van der Waals surface area (Å²) in [4.78, 5) is 17.9. The van der Waals surface area contributed by atoms with Gasteiger partial charge in [0.05, 0.1) is 12.3 Å². The molecule has 1 aromatic carbocycles. The fourth-order valence-corrected chi connectivity index (χ4v) is 3.16. The van der Waals surface area contributed by atoms with E-state index in [1.54, 1.807) is 17.3 Å². The molecule has 2 aromatic heterocycles. The molecule has 0 amide bonds. The molecule has 0 spiro atoms. The standard InChI is InChI=1S/C13H11N3O2S2/c17-6-9-1-3-11(4-2-9)19-7-10-5-12(18)16-13(15-10)20-8-14-16/h1-5,8,17H,6-7H2. The molecule has 2 heterocycles. The molecular formula is C13H11N3O2S2. The predicted octanol–water partition coefficient (Wildman–Crippen LogP) is 1.94. The predicted molar refractivity (Wildman–Crippen MR) is 79.1 cm³/mol. The van der Waals surface area contributed by atoms with E-state index in [0.717, 1.165) is 16.2 Å². The Hall–Kier alpha value is -1.70. The van der Waals surface area contributed by atoms with E-state index in [0.29, 0.717) is 10.7 Å². The normalized spacial score (nSPS) is 11.1. The molecule has 3 aromatic rings. The summed E-state index contributed by atoms with van der Waals surface area (Å²) in [6.45, 7) is 0.0469. The van der Waals surface area contributed by atoms with Crippen LogP contribution in [0.5, 0.6) is 0 Å². The van der Waals surface area contributed by atoms with E-state index in [1.807, 2.05) is 24.3 Å². The molecule has 0 unspecified atom stereocenters. The molecule has 0 fully saturated rings. The van der Waals surface area contributed by atoms with Crippen molar-refractivity contribution < 1.29 is 5.11 Å². The first-order valence-corrected chi connectivity index (χ1v) is 7.78. The number of thioether (sulfide) groups is 1. The number of aliphatic hydroxyl groups is 1. The van der Waals surface area contributed by atoms with Crippen molar-refractivity contribution in [2.75, 3.05) is 0 Å². The minimum absolute atomic E-state index is 0.0469. The summed E-state index contributed by atoms with van der Waals surface area (Å²) in [5, 5.41) is 12.9. The number of nitrogens with zero attached hydrogens (tertiary/aromatic N) is 3. The third kappa shape index (κ3) is 2.74. The number of aromatic nitrogens is 3. The van der Waals surface area contributed by atoms with E-state index in [4.69, 9.17) is 5.11 Å². The Morgan fingerprint density at radius 2 is 2.10 bits per heavy atom. The molecule has 3 rings (SSSR count). The van der Waals surface area contributed by atoms with Gasteiger partial charge in [-0.15, -0.1) is 11.8 Å². The highest BCUT2D eigenvalue weighted by atomic mass is 32.2. The van der Waals surface area contributed by atoms with Gasteiger partial charge in [-0.05, 0) is 17.7 Å². The van der Waals surface area contributed by atoms with Gasteiger partial charge in [-0.1, -0.05) is 23.5 Å². The molecule has 0 saturated carbocycles. The third-order valence-electron chi connectivity index (χ3n) is 2.73. The summed E-state index contributed by atoms with van der Waals surface area (Å²) in [5.74, 6) is 0.627. The van der Waals surface area contributed by atoms with Crippen molar-refractivity contribution in [2.45, 2.75) is 17.3 Å². The molecule has 0 aliphatic carbocycles. The topological polar surface area (TPSA) is 67.5 Å². The van der Waals surface area contributed by atoms with E-state index < -0.39 is 0 Å². The van der Waals surface area contributed by atoms with Crippen LogP contribution in [-0.4, -0.2) is 19.7 Å². The molecule has 1 N–H and O–H groups in total. The van der Waals surface area contributed by atoms with Crippen molar-refractivity contribution in [1.29, 1.82) is 0 Å². The lowest BCUT2D eigenvalue weighted by Gasteiger charge is -2.02. The molecule has 7 heteroatoms. The van der Waals surface area contributed by atoms with Gasteiger partial charge in [-0.25, -0.2) is 4.98 Å². The van der Waals surface area contributed by atoms with Gasteiger partial charge in [0.2, 0.25) is 4.96 Å². The van der Waals surface area contributed by atoms with Crippen LogP contribution in [0, 0.1) is 0 Å². The van der Waals surface area contributed by atoms with Gasteiger partial charge in [0.25, 0.3) is 5.56 Å². The van der Waals surface area contributed by atoms with Crippen LogP contribution in [0.1, 0.15) is 11.3 Å².